The molecule has 1 amide bonds. The van der Waals surface area contributed by atoms with E-state index in [1.807, 2.05) is 24.4 Å². The van der Waals surface area contributed by atoms with Gasteiger partial charge in [-0.05, 0) is 24.4 Å². The molecule has 0 aliphatic heterocycles. The molecule has 1 unspecified atom stereocenters. The van der Waals surface area contributed by atoms with Crippen LogP contribution in [-0.2, 0) is 0 Å². The molecule has 0 aliphatic carbocycles. The lowest BCUT2D eigenvalue weighted by atomic mass is 10.2. The van der Waals surface area contributed by atoms with Gasteiger partial charge in [-0.1, -0.05) is 6.07 Å². The van der Waals surface area contributed by atoms with Crippen LogP contribution in [0.3, 0.4) is 0 Å². The summed E-state index contributed by atoms with van der Waals surface area (Å²) in [5.41, 5.74) is 0.429. The molecule has 5 nitrogen and oxygen atoms in total. The molecule has 112 valence electrons. The first kappa shape index (κ1) is 14.8. The standard InChI is InChI=1S/C15H14N4OS2/c1-10(12-5-3-8-21-12)19(2)15(20)11-9-22-14(18-11)13-16-6-4-7-17-13/h3-10H,1-2H3. The molecule has 0 spiro atoms. The molecule has 3 aromatic rings. The van der Waals surface area contributed by atoms with Crippen LogP contribution in [0.15, 0.2) is 41.4 Å². The third kappa shape index (κ3) is 2.90. The quantitative estimate of drug-likeness (QED) is 0.734. The second-order valence-electron chi connectivity index (χ2n) is 4.72. The van der Waals surface area contributed by atoms with Crippen LogP contribution < -0.4 is 0 Å². The Hall–Kier alpha value is -2.12. The van der Waals surface area contributed by atoms with Crippen LogP contribution in [0.2, 0.25) is 0 Å². The molecule has 0 bridgehead atoms. The minimum atomic E-state index is -0.0978. The number of thiophene rings is 1. The van der Waals surface area contributed by atoms with Gasteiger partial charge in [-0.25, -0.2) is 15.0 Å². The lowest BCUT2D eigenvalue weighted by molar-refractivity contribution is 0.0740. The Kier molecular flexibility index (Phi) is 4.26. The van der Waals surface area contributed by atoms with Gasteiger partial charge in [0.1, 0.15) is 5.69 Å². The van der Waals surface area contributed by atoms with E-state index in [9.17, 15) is 4.79 Å². The molecule has 0 saturated heterocycles. The summed E-state index contributed by atoms with van der Waals surface area (Å²) in [6, 6.07) is 5.79. The highest BCUT2D eigenvalue weighted by Gasteiger charge is 2.22. The first-order valence-electron chi connectivity index (χ1n) is 6.70. The molecule has 7 heteroatoms. The monoisotopic (exact) mass is 330 g/mol. The van der Waals surface area contributed by atoms with Crippen LogP contribution in [0.4, 0.5) is 0 Å². The predicted octanol–water partition coefficient (Wildman–Crippen LogP) is 3.49. The highest BCUT2D eigenvalue weighted by molar-refractivity contribution is 7.13. The second kappa shape index (κ2) is 6.33. The van der Waals surface area contributed by atoms with Crippen molar-refractivity contribution >= 4 is 28.6 Å². The van der Waals surface area contributed by atoms with E-state index in [2.05, 4.69) is 15.0 Å². The largest absolute Gasteiger partial charge is 0.333 e. The zero-order valence-electron chi connectivity index (χ0n) is 12.1. The summed E-state index contributed by atoms with van der Waals surface area (Å²) in [4.78, 5) is 28.1. The highest BCUT2D eigenvalue weighted by atomic mass is 32.1. The summed E-state index contributed by atoms with van der Waals surface area (Å²) in [6.07, 6.45) is 3.33. The van der Waals surface area contributed by atoms with E-state index in [1.165, 1.54) is 11.3 Å². The molecule has 0 N–H and O–H groups in total. The molecule has 0 saturated carbocycles. The van der Waals surface area contributed by atoms with Crippen molar-refractivity contribution in [3.05, 3.63) is 51.9 Å². The molecular formula is C15H14N4OS2. The molecule has 1 atom stereocenters. The SMILES string of the molecule is CC(c1cccs1)N(C)C(=O)c1csc(-c2ncccn2)n1. The van der Waals surface area contributed by atoms with E-state index in [0.29, 0.717) is 16.5 Å². The minimum Gasteiger partial charge on any atom is -0.333 e. The molecule has 0 aliphatic rings. The number of carbonyl (C=O) groups excluding carboxylic acids is 1. The van der Waals surface area contributed by atoms with E-state index >= 15 is 0 Å². The van der Waals surface area contributed by atoms with Crippen LogP contribution in [0.1, 0.15) is 28.3 Å². The number of rotatable bonds is 4. The van der Waals surface area contributed by atoms with Gasteiger partial charge < -0.3 is 4.90 Å². The maximum atomic E-state index is 12.6. The summed E-state index contributed by atoms with van der Waals surface area (Å²) in [5.74, 6) is 0.444. The van der Waals surface area contributed by atoms with E-state index in [4.69, 9.17) is 0 Å². The molecule has 0 fully saturated rings. The van der Waals surface area contributed by atoms with Gasteiger partial charge in [0.15, 0.2) is 10.8 Å². The van der Waals surface area contributed by atoms with E-state index in [1.54, 1.807) is 47.1 Å². The van der Waals surface area contributed by atoms with Crippen LogP contribution in [0.25, 0.3) is 10.8 Å². The van der Waals surface area contributed by atoms with Gasteiger partial charge >= 0.3 is 0 Å². The van der Waals surface area contributed by atoms with Crippen molar-refractivity contribution in [2.24, 2.45) is 0 Å². The summed E-state index contributed by atoms with van der Waals surface area (Å²) in [6.45, 7) is 2.01. The maximum Gasteiger partial charge on any atom is 0.273 e. The fraction of sp³-hybridized carbons (Fsp3) is 0.200. The van der Waals surface area contributed by atoms with Gasteiger partial charge in [0.2, 0.25) is 0 Å². The summed E-state index contributed by atoms with van der Waals surface area (Å²) >= 11 is 3.02. The van der Waals surface area contributed by atoms with Crippen molar-refractivity contribution < 1.29 is 4.79 Å². The molecule has 3 aromatic heterocycles. The maximum absolute atomic E-state index is 12.6. The number of hydrogen-bond donors (Lipinski definition) is 0. The van der Waals surface area contributed by atoms with Crippen LogP contribution in [0, 0.1) is 0 Å². The topological polar surface area (TPSA) is 59.0 Å². The van der Waals surface area contributed by atoms with E-state index in [-0.39, 0.29) is 11.9 Å². The minimum absolute atomic E-state index is 0.0191. The number of amides is 1. The van der Waals surface area contributed by atoms with Gasteiger partial charge in [0.25, 0.3) is 5.91 Å². The molecule has 3 rings (SSSR count). The number of nitrogens with zero attached hydrogens (tertiary/aromatic N) is 4. The Balaban J connectivity index is 1.80. The highest BCUT2D eigenvalue weighted by Crippen LogP contribution is 2.26. The Labute approximate surface area is 136 Å². The molecule has 0 radical (unpaired) electrons. The van der Waals surface area contributed by atoms with Gasteiger partial charge in [0, 0.05) is 29.7 Å². The smallest absolute Gasteiger partial charge is 0.273 e. The second-order valence-corrected chi connectivity index (χ2v) is 6.56. The zero-order chi connectivity index (χ0) is 15.5. The van der Waals surface area contributed by atoms with E-state index < -0.39 is 0 Å². The fourth-order valence-corrected chi connectivity index (χ4v) is 3.53. The fourth-order valence-electron chi connectivity index (χ4n) is 1.96. The van der Waals surface area contributed by atoms with Crippen molar-refractivity contribution in [2.75, 3.05) is 7.05 Å². The van der Waals surface area contributed by atoms with Crippen LogP contribution in [-0.4, -0.2) is 32.8 Å². The van der Waals surface area contributed by atoms with Crippen LogP contribution in [0.5, 0.6) is 0 Å². The number of hydrogen-bond acceptors (Lipinski definition) is 6. The molecular weight excluding hydrogens is 316 g/mol. The average molecular weight is 330 g/mol. The van der Waals surface area contributed by atoms with Crippen molar-refractivity contribution in [1.29, 1.82) is 0 Å². The summed E-state index contributed by atoms with van der Waals surface area (Å²) in [7, 11) is 1.80. The third-order valence-corrected chi connectivity index (χ3v) is 5.22. The summed E-state index contributed by atoms with van der Waals surface area (Å²) < 4.78 is 0. The van der Waals surface area contributed by atoms with Crippen molar-refractivity contribution in [3.63, 3.8) is 0 Å². The number of thiazole rings is 1. The Bertz CT molecular complexity index is 755. The predicted molar refractivity (Wildman–Crippen MR) is 88.0 cm³/mol. The molecule has 22 heavy (non-hydrogen) atoms. The first-order valence-corrected chi connectivity index (χ1v) is 8.46. The Morgan fingerprint density at radius 3 is 2.68 bits per heavy atom. The molecule has 3 heterocycles. The number of aromatic nitrogens is 3. The summed E-state index contributed by atoms with van der Waals surface area (Å²) in [5, 5.41) is 4.42. The first-order chi connectivity index (χ1) is 10.7. The van der Waals surface area contributed by atoms with Gasteiger partial charge in [0.05, 0.1) is 6.04 Å². The Morgan fingerprint density at radius 2 is 2.00 bits per heavy atom. The van der Waals surface area contributed by atoms with E-state index in [0.717, 1.165) is 4.88 Å². The third-order valence-electron chi connectivity index (χ3n) is 3.34. The normalized spacial score (nSPS) is 12.1. The van der Waals surface area contributed by atoms with Gasteiger partial charge in [-0.15, -0.1) is 22.7 Å². The van der Waals surface area contributed by atoms with Crippen molar-refractivity contribution in [2.45, 2.75) is 13.0 Å². The van der Waals surface area contributed by atoms with Gasteiger partial charge in [-0.2, -0.15) is 0 Å². The molecule has 0 aromatic carbocycles. The lowest BCUT2D eigenvalue weighted by Gasteiger charge is -2.23. The van der Waals surface area contributed by atoms with Crippen molar-refractivity contribution in [3.8, 4) is 10.8 Å². The Morgan fingerprint density at radius 1 is 1.23 bits per heavy atom. The number of carbonyl (C=O) groups is 1. The lowest BCUT2D eigenvalue weighted by Crippen LogP contribution is -2.29. The average Bonchev–Trinajstić information content (AvgIpc) is 3.25. The zero-order valence-corrected chi connectivity index (χ0v) is 13.8. The van der Waals surface area contributed by atoms with Gasteiger partial charge in [-0.3, -0.25) is 4.79 Å². The van der Waals surface area contributed by atoms with Crippen LogP contribution >= 0.6 is 22.7 Å². The van der Waals surface area contributed by atoms with Crippen molar-refractivity contribution in [1.82, 2.24) is 19.9 Å².